The van der Waals surface area contributed by atoms with Crippen LogP contribution in [0.1, 0.15) is 21.2 Å². The number of ether oxygens (including phenoxy) is 1. The van der Waals surface area contributed by atoms with Crippen LogP contribution < -0.4 is 5.32 Å². The van der Waals surface area contributed by atoms with Crippen molar-refractivity contribution in [1.82, 2.24) is 25.2 Å². The minimum absolute atomic E-state index is 0.176. The average Bonchev–Trinajstić information content (AvgIpc) is 3.30. The van der Waals surface area contributed by atoms with Gasteiger partial charge in [0.2, 0.25) is 0 Å². The normalized spacial score (nSPS) is 25.9. The van der Waals surface area contributed by atoms with Crippen molar-refractivity contribution in [2.24, 2.45) is 11.8 Å². The molecule has 2 fully saturated rings. The van der Waals surface area contributed by atoms with Crippen molar-refractivity contribution < 1.29 is 9.53 Å². The first-order valence-electron chi connectivity index (χ1n) is 8.48. The number of fused-ring (bicyclic) bond motifs is 1. The third kappa shape index (κ3) is 3.70. The summed E-state index contributed by atoms with van der Waals surface area (Å²) in [5.74, 6) is 0.626. The van der Waals surface area contributed by atoms with Gasteiger partial charge in [-0.15, -0.1) is 11.3 Å². The van der Waals surface area contributed by atoms with Crippen molar-refractivity contribution in [2.45, 2.75) is 19.6 Å². The summed E-state index contributed by atoms with van der Waals surface area (Å²) in [6.07, 6.45) is 4.83. The van der Waals surface area contributed by atoms with Gasteiger partial charge < -0.3 is 10.1 Å². The summed E-state index contributed by atoms with van der Waals surface area (Å²) >= 11 is 1.71. The Labute approximate surface area is 150 Å². The van der Waals surface area contributed by atoms with E-state index in [0.29, 0.717) is 30.7 Å². The molecule has 4 rings (SSSR count). The Morgan fingerprint density at radius 2 is 2.36 bits per heavy atom. The molecule has 2 saturated heterocycles. The number of carbonyl (C=O) groups is 1. The van der Waals surface area contributed by atoms with Gasteiger partial charge in [0.1, 0.15) is 10.7 Å². The van der Waals surface area contributed by atoms with Crippen molar-refractivity contribution in [3.8, 4) is 0 Å². The topological polar surface area (TPSA) is 80.2 Å². The lowest BCUT2D eigenvalue weighted by molar-refractivity contribution is 0.0901. The lowest BCUT2D eigenvalue weighted by Gasteiger charge is -2.19. The van der Waals surface area contributed by atoms with Crippen LogP contribution in [0.4, 0.5) is 0 Å². The minimum Gasteiger partial charge on any atom is -0.376 e. The van der Waals surface area contributed by atoms with E-state index in [1.54, 1.807) is 17.5 Å². The van der Waals surface area contributed by atoms with Gasteiger partial charge in [0.15, 0.2) is 0 Å². The second-order valence-electron chi connectivity index (χ2n) is 6.67. The maximum absolute atomic E-state index is 12.1. The zero-order valence-electron chi connectivity index (χ0n) is 14.1. The predicted molar refractivity (Wildman–Crippen MR) is 93.2 cm³/mol. The molecular formula is C17H21N5O2S. The Morgan fingerprint density at radius 3 is 3.12 bits per heavy atom. The van der Waals surface area contributed by atoms with E-state index in [4.69, 9.17) is 4.74 Å². The highest BCUT2D eigenvalue weighted by molar-refractivity contribution is 7.09. The lowest BCUT2D eigenvalue weighted by Crippen LogP contribution is -2.34. The molecule has 0 aliphatic carbocycles. The van der Waals surface area contributed by atoms with E-state index in [2.05, 4.69) is 30.5 Å². The SMILES string of the molecule is Cc1csc(CN2C[C@H]3[C@@H](CNC(=O)c4cnccn4)CO[C@H]3C2)n1. The maximum atomic E-state index is 12.1. The zero-order chi connectivity index (χ0) is 17.2. The first-order valence-corrected chi connectivity index (χ1v) is 9.36. The van der Waals surface area contributed by atoms with Crippen LogP contribution in [0.15, 0.2) is 24.0 Å². The smallest absolute Gasteiger partial charge is 0.271 e. The average molecular weight is 359 g/mol. The summed E-state index contributed by atoms with van der Waals surface area (Å²) in [6, 6.07) is 0. The highest BCUT2D eigenvalue weighted by Crippen LogP contribution is 2.34. The van der Waals surface area contributed by atoms with E-state index in [1.807, 2.05) is 6.92 Å². The number of nitrogens with one attached hydrogen (secondary N) is 1. The number of hydrogen-bond acceptors (Lipinski definition) is 7. The van der Waals surface area contributed by atoms with Gasteiger partial charge in [-0.1, -0.05) is 0 Å². The molecule has 2 aliphatic heterocycles. The van der Waals surface area contributed by atoms with Gasteiger partial charge in [-0.25, -0.2) is 9.97 Å². The fraction of sp³-hybridized carbons (Fsp3) is 0.529. The minimum atomic E-state index is -0.176. The maximum Gasteiger partial charge on any atom is 0.271 e. The molecule has 25 heavy (non-hydrogen) atoms. The molecule has 4 heterocycles. The van der Waals surface area contributed by atoms with Crippen molar-refractivity contribution >= 4 is 17.2 Å². The number of carbonyl (C=O) groups excluding carboxylic acids is 1. The van der Waals surface area contributed by atoms with E-state index < -0.39 is 0 Å². The molecule has 0 radical (unpaired) electrons. The van der Waals surface area contributed by atoms with Crippen LogP contribution in [0, 0.1) is 18.8 Å². The summed E-state index contributed by atoms with van der Waals surface area (Å²) in [5.41, 5.74) is 1.44. The number of likely N-dealkylation sites (tertiary alicyclic amines) is 1. The zero-order valence-corrected chi connectivity index (χ0v) is 14.9. The Morgan fingerprint density at radius 1 is 1.44 bits per heavy atom. The number of hydrogen-bond donors (Lipinski definition) is 1. The largest absolute Gasteiger partial charge is 0.376 e. The summed E-state index contributed by atoms with van der Waals surface area (Å²) in [4.78, 5) is 27.0. The first kappa shape index (κ1) is 16.6. The van der Waals surface area contributed by atoms with Crippen LogP contribution in [0.25, 0.3) is 0 Å². The second-order valence-corrected chi connectivity index (χ2v) is 7.62. The number of amides is 1. The molecule has 7 nitrogen and oxygen atoms in total. The van der Waals surface area contributed by atoms with Gasteiger partial charge in [0.25, 0.3) is 5.91 Å². The lowest BCUT2D eigenvalue weighted by atomic mass is 9.93. The number of thiazole rings is 1. The molecule has 2 aromatic heterocycles. The van der Waals surface area contributed by atoms with Gasteiger partial charge in [0, 0.05) is 54.9 Å². The Kier molecular flexibility index (Phi) is 4.74. The van der Waals surface area contributed by atoms with Crippen molar-refractivity contribution in [3.63, 3.8) is 0 Å². The number of aromatic nitrogens is 3. The van der Waals surface area contributed by atoms with Gasteiger partial charge in [-0.2, -0.15) is 0 Å². The molecule has 0 bridgehead atoms. The molecule has 2 aromatic rings. The Balaban J connectivity index is 1.30. The summed E-state index contributed by atoms with van der Waals surface area (Å²) in [5, 5.41) is 6.22. The quantitative estimate of drug-likeness (QED) is 0.862. The van der Waals surface area contributed by atoms with Crippen LogP contribution in [-0.4, -0.2) is 58.1 Å². The number of nitrogens with zero attached hydrogens (tertiary/aromatic N) is 4. The van der Waals surface area contributed by atoms with Crippen LogP contribution in [-0.2, 0) is 11.3 Å². The van der Waals surface area contributed by atoms with Gasteiger partial charge >= 0.3 is 0 Å². The molecule has 1 N–H and O–H groups in total. The fourth-order valence-electron chi connectivity index (χ4n) is 3.62. The molecule has 0 unspecified atom stereocenters. The standard InChI is InChI=1S/C17H21N5O2S/c1-11-10-25-16(21-11)8-22-6-13-12(9-24-15(13)7-22)4-20-17(23)14-5-18-2-3-19-14/h2-3,5,10,12-13,15H,4,6-9H2,1H3,(H,20,23)/t12-,13-,15-/m0/s1. The van der Waals surface area contributed by atoms with E-state index in [0.717, 1.165) is 30.3 Å². The molecular weight excluding hydrogens is 338 g/mol. The van der Waals surface area contributed by atoms with Crippen molar-refractivity contribution in [3.05, 3.63) is 40.4 Å². The Hall–Kier alpha value is -1.90. The van der Waals surface area contributed by atoms with Crippen molar-refractivity contribution in [1.29, 1.82) is 0 Å². The van der Waals surface area contributed by atoms with Crippen LogP contribution in [0.2, 0.25) is 0 Å². The third-order valence-electron chi connectivity index (χ3n) is 4.86. The highest BCUT2D eigenvalue weighted by atomic mass is 32.1. The highest BCUT2D eigenvalue weighted by Gasteiger charge is 2.43. The van der Waals surface area contributed by atoms with E-state index in [1.165, 1.54) is 12.4 Å². The number of rotatable bonds is 5. The van der Waals surface area contributed by atoms with Crippen LogP contribution in [0.5, 0.6) is 0 Å². The third-order valence-corrected chi connectivity index (χ3v) is 5.81. The molecule has 0 spiro atoms. The van der Waals surface area contributed by atoms with Crippen LogP contribution in [0.3, 0.4) is 0 Å². The summed E-state index contributed by atoms with van der Waals surface area (Å²) in [6.45, 7) is 6.17. The van der Waals surface area contributed by atoms with Gasteiger partial charge in [-0.3, -0.25) is 14.7 Å². The first-order chi connectivity index (χ1) is 12.2. The van der Waals surface area contributed by atoms with Crippen molar-refractivity contribution in [2.75, 3.05) is 26.2 Å². The van der Waals surface area contributed by atoms with Crippen LogP contribution >= 0.6 is 11.3 Å². The van der Waals surface area contributed by atoms with E-state index in [9.17, 15) is 4.79 Å². The van der Waals surface area contributed by atoms with Gasteiger partial charge in [-0.05, 0) is 6.92 Å². The summed E-state index contributed by atoms with van der Waals surface area (Å²) in [7, 11) is 0. The predicted octanol–water partition coefficient (Wildman–Crippen LogP) is 1.12. The monoisotopic (exact) mass is 359 g/mol. The summed E-state index contributed by atoms with van der Waals surface area (Å²) < 4.78 is 5.96. The van der Waals surface area contributed by atoms with E-state index >= 15 is 0 Å². The number of aryl methyl sites for hydroxylation is 1. The molecule has 132 valence electrons. The Bertz CT molecular complexity index is 738. The van der Waals surface area contributed by atoms with E-state index in [-0.39, 0.29) is 12.0 Å². The molecule has 2 aliphatic rings. The fourth-order valence-corrected chi connectivity index (χ4v) is 4.43. The molecule has 0 saturated carbocycles. The molecule has 1 amide bonds. The molecule has 8 heteroatoms. The second kappa shape index (κ2) is 7.15. The van der Waals surface area contributed by atoms with Gasteiger partial charge in [0.05, 0.1) is 25.5 Å². The molecule has 3 atom stereocenters. The molecule has 0 aromatic carbocycles.